The van der Waals surface area contributed by atoms with E-state index in [9.17, 15) is 9.90 Å². The molecule has 184 valence electrons. The van der Waals surface area contributed by atoms with Gasteiger partial charge in [-0.3, -0.25) is 29.6 Å². The minimum absolute atomic E-state index is 0.234. The molecule has 1 amide bonds. The Hall–Kier alpha value is -2.92. The lowest BCUT2D eigenvalue weighted by atomic mass is 10.0. The van der Waals surface area contributed by atoms with Gasteiger partial charge in [-0.05, 0) is 52.3 Å². The van der Waals surface area contributed by atoms with Crippen molar-refractivity contribution >= 4 is 22.8 Å². The first-order valence-electron chi connectivity index (χ1n) is 12.4. The number of amides is 1. The highest BCUT2D eigenvalue weighted by atomic mass is 16.3. The molecule has 2 fully saturated rings. The average Bonchev–Trinajstić information content (AvgIpc) is 3.53. The number of nitrogens with one attached hydrogen (secondary N) is 2. The van der Waals surface area contributed by atoms with Crippen LogP contribution in [0, 0.1) is 0 Å². The van der Waals surface area contributed by atoms with Crippen LogP contribution in [0.5, 0.6) is 0 Å². The van der Waals surface area contributed by atoms with Crippen molar-refractivity contribution in [3.05, 3.63) is 47.4 Å². The van der Waals surface area contributed by atoms with Crippen LogP contribution in [0.2, 0.25) is 0 Å². The van der Waals surface area contributed by atoms with E-state index < -0.39 is 11.9 Å². The van der Waals surface area contributed by atoms with Crippen LogP contribution in [-0.2, 0) is 12.1 Å². The fourth-order valence-corrected chi connectivity index (χ4v) is 5.96. The monoisotopic (exact) mass is 476 g/mol. The molecule has 35 heavy (non-hydrogen) atoms. The quantitative estimate of drug-likeness (QED) is 0.525. The first kappa shape index (κ1) is 22.5. The number of piperazine rings is 1. The van der Waals surface area contributed by atoms with Crippen LogP contribution in [0.15, 0.2) is 30.5 Å². The predicted molar refractivity (Wildman–Crippen MR) is 131 cm³/mol. The predicted octanol–water partition coefficient (Wildman–Crippen LogP) is 2.10. The van der Waals surface area contributed by atoms with Crippen molar-refractivity contribution in [3.63, 3.8) is 0 Å². The van der Waals surface area contributed by atoms with E-state index in [0.29, 0.717) is 23.9 Å². The Labute approximate surface area is 204 Å². The van der Waals surface area contributed by atoms with Gasteiger partial charge in [0.2, 0.25) is 0 Å². The molecule has 3 N–H and O–H groups in total. The Balaban J connectivity index is 1.21. The molecule has 1 aromatic carbocycles. The van der Waals surface area contributed by atoms with Crippen molar-refractivity contribution in [3.8, 4) is 0 Å². The van der Waals surface area contributed by atoms with Crippen molar-refractivity contribution in [2.24, 2.45) is 0 Å². The Morgan fingerprint density at radius 2 is 2.06 bits per heavy atom. The highest BCUT2D eigenvalue weighted by molar-refractivity contribution is 6.03. The maximum absolute atomic E-state index is 13.0. The number of carbonyl (C=O) groups is 1. The summed E-state index contributed by atoms with van der Waals surface area (Å²) in [6.07, 6.45) is 3.18. The Morgan fingerprint density at radius 3 is 2.89 bits per heavy atom. The maximum atomic E-state index is 13.0. The van der Waals surface area contributed by atoms with E-state index in [1.165, 1.54) is 19.0 Å². The molecule has 0 bridgehead atoms. The van der Waals surface area contributed by atoms with Crippen LogP contribution in [-0.4, -0.2) is 83.9 Å². The summed E-state index contributed by atoms with van der Waals surface area (Å²) in [5.74, 6) is 0.108. The zero-order valence-corrected chi connectivity index (χ0v) is 20.4. The normalized spacial score (nSPS) is 25.5. The number of H-pyrrole nitrogens is 1. The first-order valence-corrected chi connectivity index (χ1v) is 12.4. The number of aromatic amines is 1. The number of hydrogen-bond acceptors (Lipinski definition) is 8. The molecule has 3 atom stereocenters. The molecule has 0 spiro atoms. The van der Waals surface area contributed by atoms with Gasteiger partial charge < -0.3 is 10.4 Å². The Kier molecular flexibility index (Phi) is 5.37. The van der Waals surface area contributed by atoms with Gasteiger partial charge in [0.05, 0.1) is 28.5 Å². The third kappa shape index (κ3) is 3.72. The van der Waals surface area contributed by atoms with Crippen LogP contribution in [0.3, 0.4) is 0 Å². The summed E-state index contributed by atoms with van der Waals surface area (Å²) in [6, 6.07) is 8.23. The minimum atomic E-state index is -0.724. The SMILES string of the molecule is CC1CN2CCCC2CN1C(O)N1Cc2c(NC(=O)c3cnc4ccccc4n3)n[nH]c2C1(C)C. The molecule has 3 aromatic rings. The first-order chi connectivity index (χ1) is 16.8. The molecule has 0 saturated carbocycles. The van der Waals surface area contributed by atoms with Gasteiger partial charge >= 0.3 is 0 Å². The van der Waals surface area contributed by atoms with E-state index in [-0.39, 0.29) is 17.6 Å². The van der Waals surface area contributed by atoms with Crippen LogP contribution in [0.25, 0.3) is 11.0 Å². The Morgan fingerprint density at radius 1 is 1.26 bits per heavy atom. The third-order valence-electron chi connectivity index (χ3n) is 8.00. The summed E-state index contributed by atoms with van der Waals surface area (Å²) >= 11 is 0. The van der Waals surface area contributed by atoms with Gasteiger partial charge in [0, 0.05) is 37.3 Å². The number of anilines is 1. The molecule has 5 heterocycles. The number of benzene rings is 1. The summed E-state index contributed by atoms with van der Waals surface area (Å²) in [5, 5.41) is 22.0. The van der Waals surface area contributed by atoms with Gasteiger partial charge in [-0.25, -0.2) is 4.98 Å². The van der Waals surface area contributed by atoms with Gasteiger partial charge in [-0.15, -0.1) is 0 Å². The second-order valence-corrected chi connectivity index (χ2v) is 10.5. The van der Waals surface area contributed by atoms with Gasteiger partial charge in [0.1, 0.15) is 5.69 Å². The lowest BCUT2D eigenvalue weighted by Gasteiger charge is -2.48. The van der Waals surface area contributed by atoms with E-state index in [0.717, 1.165) is 36.4 Å². The molecular formula is C25H32N8O2. The lowest BCUT2D eigenvalue weighted by molar-refractivity contribution is -0.178. The van der Waals surface area contributed by atoms with E-state index in [2.05, 4.69) is 61.0 Å². The minimum Gasteiger partial charge on any atom is -0.365 e. The topological polar surface area (TPSA) is 114 Å². The van der Waals surface area contributed by atoms with Crippen molar-refractivity contribution < 1.29 is 9.90 Å². The summed E-state index contributed by atoms with van der Waals surface area (Å²) < 4.78 is 0. The lowest BCUT2D eigenvalue weighted by Crippen LogP contribution is -2.63. The van der Waals surface area contributed by atoms with E-state index >= 15 is 0 Å². The fourth-order valence-electron chi connectivity index (χ4n) is 5.96. The van der Waals surface area contributed by atoms with Crippen LogP contribution < -0.4 is 5.32 Å². The number of para-hydroxylation sites is 2. The molecule has 3 unspecified atom stereocenters. The number of rotatable bonds is 4. The molecule has 0 radical (unpaired) electrons. The highest BCUT2D eigenvalue weighted by Gasteiger charge is 2.48. The van der Waals surface area contributed by atoms with Crippen LogP contribution in [0.4, 0.5) is 5.82 Å². The second kappa shape index (κ2) is 8.34. The summed E-state index contributed by atoms with van der Waals surface area (Å²) in [6.45, 7) is 9.85. The van der Waals surface area contributed by atoms with Crippen molar-refractivity contribution in [1.29, 1.82) is 0 Å². The molecule has 6 rings (SSSR count). The molecule has 2 saturated heterocycles. The molecule has 2 aromatic heterocycles. The van der Waals surface area contributed by atoms with Gasteiger partial charge in [-0.2, -0.15) is 5.10 Å². The molecule has 0 aliphatic carbocycles. The number of nitrogens with zero attached hydrogens (tertiary/aromatic N) is 6. The number of hydrogen-bond donors (Lipinski definition) is 3. The maximum Gasteiger partial charge on any atom is 0.277 e. The standard InChI is InChI=1S/C25H32N8O2/c1-15-12-31-10-6-7-16(31)13-32(15)24(35)33-14-17-21(25(33,2)3)29-30-22(17)28-23(34)20-11-26-18-8-4-5-9-19(18)27-20/h4-5,8-9,11,15-16,24,35H,6-7,10,12-14H2,1-3H3,(H2,28,29,30,34). The largest absolute Gasteiger partial charge is 0.365 e. The van der Waals surface area contributed by atoms with E-state index in [4.69, 9.17) is 0 Å². The van der Waals surface area contributed by atoms with Crippen LogP contribution >= 0.6 is 0 Å². The molecule has 3 aliphatic heterocycles. The Bertz CT molecular complexity index is 1270. The van der Waals surface area contributed by atoms with Gasteiger partial charge in [0.25, 0.3) is 5.91 Å². The number of fused-ring (bicyclic) bond motifs is 3. The van der Waals surface area contributed by atoms with E-state index in [1.807, 2.05) is 24.3 Å². The zero-order valence-electron chi connectivity index (χ0n) is 20.4. The van der Waals surface area contributed by atoms with Gasteiger partial charge in [-0.1, -0.05) is 12.1 Å². The zero-order chi connectivity index (χ0) is 24.3. The molecule has 10 heteroatoms. The number of carbonyl (C=O) groups excluding carboxylic acids is 1. The number of aromatic nitrogens is 4. The molecule has 10 nitrogen and oxygen atoms in total. The molecule has 3 aliphatic rings. The summed E-state index contributed by atoms with van der Waals surface area (Å²) in [5.41, 5.74) is 2.97. The van der Waals surface area contributed by atoms with E-state index in [1.54, 1.807) is 0 Å². The van der Waals surface area contributed by atoms with Crippen molar-refractivity contribution in [1.82, 2.24) is 34.9 Å². The van der Waals surface area contributed by atoms with Crippen molar-refractivity contribution in [2.75, 3.05) is 25.0 Å². The smallest absolute Gasteiger partial charge is 0.277 e. The highest BCUT2D eigenvalue weighted by Crippen LogP contribution is 2.42. The second-order valence-electron chi connectivity index (χ2n) is 10.5. The van der Waals surface area contributed by atoms with Crippen LogP contribution in [0.1, 0.15) is 55.4 Å². The average molecular weight is 477 g/mol. The third-order valence-corrected chi connectivity index (χ3v) is 8.00. The van der Waals surface area contributed by atoms with Crippen molar-refractivity contribution in [2.45, 2.75) is 64.1 Å². The summed E-state index contributed by atoms with van der Waals surface area (Å²) in [7, 11) is 0. The van der Waals surface area contributed by atoms with Gasteiger partial charge in [0.15, 0.2) is 12.2 Å². The number of aliphatic hydroxyl groups is 1. The summed E-state index contributed by atoms with van der Waals surface area (Å²) in [4.78, 5) is 28.6. The molecular weight excluding hydrogens is 444 g/mol. The fraction of sp³-hybridized carbons (Fsp3) is 0.520. The number of aliphatic hydroxyl groups excluding tert-OH is 1.